The minimum absolute atomic E-state index is 0.0790. The molecule has 0 aromatic carbocycles. The molecule has 1 fully saturated rings. The van der Waals surface area contributed by atoms with Crippen LogP contribution in [0.25, 0.3) is 0 Å². The SMILES string of the molecule is CC(C)[C@H](N)C(=O)N(C)C1CCCN(C)C1. The number of nitrogens with two attached hydrogens (primary N) is 1. The number of amides is 1. The van der Waals surface area contributed by atoms with Crippen molar-refractivity contribution in [2.24, 2.45) is 11.7 Å². The molecule has 1 heterocycles. The molecule has 0 aliphatic carbocycles. The van der Waals surface area contributed by atoms with E-state index in [9.17, 15) is 4.79 Å². The first-order valence-corrected chi connectivity index (χ1v) is 6.14. The Kier molecular flexibility index (Phi) is 4.74. The van der Waals surface area contributed by atoms with Gasteiger partial charge in [0.1, 0.15) is 0 Å². The summed E-state index contributed by atoms with van der Waals surface area (Å²) < 4.78 is 0. The topological polar surface area (TPSA) is 49.6 Å². The highest BCUT2D eigenvalue weighted by Crippen LogP contribution is 2.15. The molecule has 4 nitrogen and oxygen atoms in total. The Bertz CT molecular complexity index is 242. The van der Waals surface area contributed by atoms with E-state index >= 15 is 0 Å². The summed E-state index contributed by atoms with van der Waals surface area (Å²) in [5, 5.41) is 0. The molecule has 0 aromatic rings. The number of hydrogen-bond acceptors (Lipinski definition) is 3. The van der Waals surface area contributed by atoms with Gasteiger partial charge in [-0.2, -0.15) is 0 Å². The molecule has 1 aliphatic rings. The zero-order valence-corrected chi connectivity index (χ0v) is 10.9. The van der Waals surface area contributed by atoms with Crippen molar-refractivity contribution in [2.75, 3.05) is 27.2 Å². The van der Waals surface area contributed by atoms with Gasteiger partial charge in [-0.25, -0.2) is 0 Å². The first-order chi connectivity index (χ1) is 7.43. The number of likely N-dealkylation sites (tertiary alicyclic amines) is 1. The monoisotopic (exact) mass is 227 g/mol. The molecule has 0 aromatic heterocycles. The molecule has 4 heteroatoms. The van der Waals surface area contributed by atoms with Gasteiger partial charge in [0.25, 0.3) is 0 Å². The van der Waals surface area contributed by atoms with Crippen LogP contribution in [-0.2, 0) is 4.79 Å². The van der Waals surface area contributed by atoms with Crippen LogP contribution in [0.2, 0.25) is 0 Å². The summed E-state index contributed by atoms with van der Waals surface area (Å²) in [5.74, 6) is 0.284. The summed E-state index contributed by atoms with van der Waals surface area (Å²) in [6.07, 6.45) is 2.26. The molecule has 94 valence electrons. The van der Waals surface area contributed by atoms with Crippen molar-refractivity contribution in [1.82, 2.24) is 9.80 Å². The minimum atomic E-state index is -0.364. The van der Waals surface area contributed by atoms with Crippen LogP contribution < -0.4 is 5.73 Å². The van der Waals surface area contributed by atoms with Crippen molar-refractivity contribution in [3.8, 4) is 0 Å². The number of hydrogen-bond donors (Lipinski definition) is 1. The smallest absolute Gasteiger partial charge is 0.239 e. The van der Waals surface area contributed by atoms with Gasteiger partial charge in [-0.3, -0.25) is 4.79 Å². The fourth-order valence-corrected chi connectivity index (χ4v) is 2.16. The molecule has 0 radical (unpaired) electrons. The zero-order chi connectivity index (χ0) is 12.3. The maximum absolute atomic E-state index is 12.1. The Hall–Kier alpha value is -0.610. The summed E-state index contributed by atoms with van der Waals surface area (Å²) in [6, 6.07) is -0.0340. The summed E-state index contributed by atoms with van der Waals surface area (Å²) in [7, 11) is 3.99. The number of piperidine rings is 1. The zero-order valence-electron chi connectivity index (χ0n) is 10.9. The molecule has 1 unspecified atom stereocenters. The Labute approximate surface area is 98.8 Å². The summed E-state index contributed by atoms with van der Waals surface area (Å²) in [6.45, 7) is 6.08. The van der Waals surface area contributed by atoms with E-state index in [1.807, 2.05) is 25.8 Å². The Morgan fingerprint density at radius 2 is 2.12 bits per heavy atom. The van der Waals surface area contributed by atoms with E-state index in [0.717, 1.165) is 25.9 Å². The van der Waals surface area contributed by atoms with Gasteiger partial charge in [0, 0.05) is 19.6 Å². The van der Waals surface area contributed by atoms with Crippen molar-refractivity contribution in [3.05, 3.63) is 0 Å². The lowest BCUT2D eigenvalue weighted by Gasteiger charge is -2.37. The van der Waals surface area contributed by atoms with E-state index in [-0.39, 0.29) is 17.9 Å². The van der Waals surface area contributed by atoms with E-state index in [1.165, 1.54) is 0 Å². The van der Waals surface area contributed by atoms with Gasteiger partial charge >= 0.3 is 0 Å². The van der Waals surface area contributed by atoms with Crippen LogP contribution in [-0.4, -0.2) is 55.0 Å². The average Bonchev–Trinajstić information content (AvgIpc) is 2.26. The molecule has 1 saturated heterocycles. The van der Waals surface area contributed by atoms with Crippen molar-refractivity contribution in [2.45, 2.75) is 38.8 Å². The van der Waals surface area contributed by atoms with E-state index in [1.54, 1.807) is 0 Å². The van der Waals surface area contributed by atoms with Crippen LogP contribution in [0.15, 0.2) is 0 Å². The van der Waals surface area contributed by atoms with Crippen molar-refractivity contribution < 1.29 is 4.79 Å². The highest BCUT2D eigenvalue weighted by Gasteiger charge is 2.28. The maximum atomic E-state index is 12.1. The van der Waals surface area contributed by atoms with Crippen LogP contribution in [0, 0.1) is 5.92 Å². The molecular weight excluding hydrogens is 202 g/mol. The number of carbonyl (C=O) groups is 1. The summed E-state index contributed by atoms with van der Waals surface area (Å²) in [4.78, 5) is 16.2. The quantitative estimate of drug-likeness (QED) is 0.765. The molecule has 1 aliphatic heterocycles. The van der Waals surface area contributed by atoms with E-state index in [2.05, 4.69) is 11.9 Å². The number of nitrogens with zero attached hydrogens (tertiary/aromatic N) is 2. The molecule has 1 rings (SSSR count). The fraction of sp³-hybridized carbons (Fsp3) is 0.917. The fourth-order valence-electron chi connectivity index (χ4n) is 2.16. The molecule has 0 saturated carbocycles. The Balaban J connectivity index is 2.55. The highest BCUT2D eigenvalue weighted by molar-refractivity contribution is 5.82. The second-order valence-corrected chi connectivity index (χ2v) is 5.28. The van der Waals surface area contributed by atoms with Crippen LogP contribution in [0.5, 0.6) is 0 Å². The third-order valence-corrected chi connectivity index (χ3v) is 3.50. The minimum Gasteiger partial charge on any atom is -0.340 e. The molecule has 2 atom stereocenters. The molecule has 2 N–H and O–H groups in total. The molecule has 0 bridgehead atoms. The molecular formula is C12H25N3O. The van der Waals surface area contributed by atoms with Gasteiger partial charge in [0.15, 0.2) is 0 Å². The van der Waals surface area contributed by atoms with Gasteiger partial charge in [-0.1, -0.05) is 13.8 Å². The van der Waals surface area contributed by atoms with Crippen molar-refractivity contribution in [3.63, 3.8) is 0 Å². The lowest BCUT2D eigenvalue weighted by molar-refractivity contribution is -0.135. The highest BCUT2D eigenvalue weighted by atomic mass is 16.2. The number of likely N-dealkylation sites (N-methyl/N-ethyl adjacent to an activating group) is 2. The van der Waals surface area contributed by atoms with Gasteiger partial charge < -0.3 is 15.5 Å². The third-order valence-electron chi connectivity index (χ3n) is 3.50. The predicted molar refractivity (Wildman–Crippen MR) is 66.1 cm³/mol. The lowest BCUT2D eigenvalue weighted by atomic mass is 10.0. The Morgan fingerprint density at radius 3 is 2.62 bits per heavy atom. The van der Waals surface area contributed by atoms with Crippen LogP contribution in [0.4, 0.5) is 0 Å². The summed E-state index contributed by atoms with van der Waals surface area (Å²) in [5.41, 5.74) is 5.90. The molecule has 16 heavy (non-hydrogen) atoms. The van der Waals surface area contributed by atoms with Crippen LogP contribution in [0.3, 0.4) is 0 Å². The van der Waals surface area contributed by atoms with Gasteiger partial charge in [-0.15, -0.1) is 0 Å². The second kappa shape index (κ2) is 5.64. The standard InChI is InChI=1S/C12H25N3O/c1-9(2)11(13)12(16)15(4)10-6-5-7-14(3)8-10/h9-11H,5-8,13H2,1-4H3/t10?,11-/m0/s1. The normalized spacial score (nSPS) is 24.5. The van der Waals surface area contributed by atoms with Crippen molar-refractivity contribution >= 4 is 5.91 Å². The average molecular weight is 227 g/mol. The predicted octanol–water partition coefficient (Wildman–Crippen LogP) is 0.522. The van der Waals surface area contributed by atoms with Gasteiger partial charge in [0.05, 0.1) is 6.04 Å². The third kappa shape index (κ3) is 3.19. The van der Waals surface area contributed by atoms with E-state index < -0.39 is 0 Å². The number of rotatable bonds is 3. The lowest BCUT2D eigenvalue weighted by Crippen LogP contribution is -2.53. The van der Waals surface area contributed by atoms with Gasteiger partial charge in [0.2, 0.25) is 5.91 Å². The first kappa shape index (κ1) is 13.5. The van der Waals surface area contributed by atoms with Crippen LogP contribution in [0.1, 0.15) is 26.7 Å². The van der Waals surface area contributed by atoms with E-state index in [4.69, 9.17) is 5.73 Å². The number of carbonyl (C=O) groups excluding carboxylic acids is 1. The molecule has 1 amide bonds. The van der Waals surface area contributed by atoms with Crippen molar-refractivity contribution in [1.29, 1.82) is 0 Å². The largest absolute Gasteiger partial charge is 0.340 e. The van der Waals surface area contributed by atoms with E-state index in [0.29, 0.717) is 6.04 Å². The van der Waals surface area contributed by atoms with Crippen LogP contribution >= 0.6 is 0 Å². The van der Waals surface area contributed by atoms with Gasteiger partial charge in [-0.05, 0) is 32.4 Å². The second-order valence-electron chi connectivity index (χ2n) is 5.28. The maximum Gasteiger partial charge on any atom is 0.239 e. The Morgan fingerprint density at radius 1 is 1.50 bits per heavy atom. The molecule has 0 spiro atoms. The summed E-state index contributed by atoms with van der Waals surface area (Å²) >= 11 is 0. The first-order valence-electron chi connectivity index (χ1n) is 6.14.